The van der Waals surface area contributed by atoms with E-state index in [4.69, 9.17) is 4.98 Å². The Kier molecular flexibility index (Phi) is 4.95. The van der Waals surface area contributed by atoms with Crippen LogP contribution in [0.2, 0.25) is 0 Å². The van der Waals surface area contributed by atoms with Crippen LogP contribution in [0.4, 0.5) is 5.69 Å². The maximum Gasteiger partial charge on any atom is 0.294 e. The van der Waals surface area contributed by atoms with Crippen LogP contribution in [-0.2, 0) is 0 Å². The second-order valence-electron chi connectivity index (χ2n) is 7.52. The summed E-state index contributed by atoms with van der Waals surface area (Å²) < 4.78 is 2.75. The van der Waals surface area contributed by atoms with Crippen molar-refractivity contribution in [1.82, 2.24) is 19.4 Å². The number of nitro groups is 1. The Labute approximate surface area is 181 Å². The molecule has 156 valence electrons. The average molecular weight is 433 g/mol. The molecule has 0 atom stereocenters. The molecular weight excluding hydrogens is 414 g/mol. The molecule has 31 heavy (non-hydrogen) atoms. The number of nitro benzene ring substituents is 1. The number of amides is 1. The zero-order chi connectivity index (χ0) is 21.4. The molecule has 4 aromatic rings. The molecule has 8 nitrogen and oxygen atoms in total. The summed E-state index contributed by atoms with van der Waals surface area (Å²) >= 11 is 1.72. The van der Waals surface area contributed by atoms with Crippen molar-refractivity contribution >= 4 is 33.1 Å². The van der Waals surface area contributed by atoms with Gasteiger partial charge in [-0.05, 0) is 37.1 Å². The summed E-state index contributed by atoms with van der Waals surface area (Å²) in [5.74, 6) is 0.155. The van der Waals surface area contributed by atoms with Crippen LogP contribution in [0.5, 0.6) is 0 Å². The van der Waals surface area contributed by atoms with Gasteiger partial charge in [0.25, 0.3) is 11.6 Å². The van der Waals surface area contributed by atoms with Gasteiger partial charge in [0.05, 0.1) is 26.5 Å². The highest BCUT2D eigenvalue weighted by Gasteiger charge is 2.28. The summed E-state index contributed by atoms with van der Waals surface area (Å²) in [6.45, 7) is 1.22. The number of hydrogen-bond acceptors (Lipinski definition) is 6. The molecule has 0 bridgehead atoms. The van der Waals surface area contributed by atoms with E-state index in [0.717, 1.165) is 23.4 Å². The number of fused-ring (bicyclic) bond motifs is 1. The van der Waals surface area contributed by atoms with E-state index in [1.54, 1.807) is 45.3 Å². The van der Waals surface area contributed by atoms with Gasteiger partial charge in [-0.25, -0.2) is 9.97 Å². The Balaban J connectivity index is 1.32. The molecule has 1 fully saturated rings. The SMILES string of the molecule is O=C(c1ccc(-n2ccnc2)c([N+](=O)[O-])c1)N1CCC(c2nc3ccccc3s2)CC1. The summed E-state index contributed by atoms with van der Waals surface area (Å²) in [6, 6.07) is 12.7. The van der Waals surface area contributed by atoms with Gasteiger partial charge in [0.2, 0.25) is 0 Å². The fourth-order valence-electron chi connectivity index (χ4n) is 4.00. The molecular formula is C22H19N5O3S. The summed E-state index contributed by atoms with van der Waals surface area (Å²) in [6.07, 6.45) is 6.35. The fraction of sp³-hybridized carbons (Fsp3) is 0.227. The van der Waals surface area contributed by atoms with E-state index in [1.807, 2.05) is 18.2 Å². The zero-order valence-electron chi connectivity index (χ0n) is 16.5. The molecule has 5 rings (SSSR count). The Morgan fingerprint density at radius 3 is 2.68 bits per heavy atom. The zero-order valence-corrected chi connectivity index (χ0v) is 17.4. The summed E-state index contributed by atoms with van der Waals surface area (Å²) in [7, 11) is 0. The largest absolute Gasteiger partial charge is 0.339 e. The first-order chi connectivity index (χ1) is 15.1. The van der Waals surface area contributed by atoms with Crippen LogP contribution in [0.1, 0.15) is 34.1 Å². The highest BCUT2D eigenvalue weighted by molar-refractivity contribution is 7.18. The van der Waals surface area contributed by atoms with E-state index in [0.29, 0.717) is 30.3 Å². The predicted octanol–water partition coefficient (Wildman–Crippen LogP) is 4.41. The maximum atomic E-state index is 13.0. The lowest BCUT2D eigenvalue weighted by Crippen LogP contribution is -2.37. The monoisotopic (exact) mass is 433 g/mol. The van der Waals surface area contributed by atoms with E-state index in [-0.39, 0.29) is 11.6 Å². The van der Waals surface area contributed by atoms with Gasteiger partial charge in [0.15, 0.2) is 0 Å². The molecule has 0 radical (unpaired) electrons. The van der Waals surface area contributed by atoms with Crippen molar-refractivity contribution in [3.63, 3.8) is 0 Å². The highest BCUT2D eigenvalue weighted by atomic mass is 32.1. The number of rotatable bonds is 4. The number of carbonyl (C=O) groups excluding carboxylic acids is 1. The topological polar surface area (TPSA) is 94.2 Å². The first kappa shape index (κ1) is 19.4. The molecule has 1 amide bonds. The van der Waals surface area contributed by atoms with E-state index in [9.17, 15) is 14.9 Å². The minimum Gasteiger partial charge on any atom is -0.339 e. The number of benzene rings is 2. The van der Waals surface area contributed by atoms with Crippen molar-refractivity contribution in [2.45, 2.75) is 18.8 Å². The Morgan fingerprint density at radius 1 is 1.16 bits per heavy atom. The van der Waals surface area contributed by atoms with Crippen molar-refractivity contribution in [1.29, 1.82) is 0 Å². The van der Waals surface area contributed by atoms with Crippen molar-refractivity contribution in [3.05, 3.63) is 81.9 Å². The number of imidazole rings is 1. The summed E-state index contributed by atoms with van der Waals surface area (Å²) in [5, 5.41) is 12.7. The van der Waals surface area contributed by atoms with Gasteiger partial charge in [-0.3, -0.25) is 14.9 Å². The molecule has 2 aromatic carbocycles. The highest BCUT2D eigenvalue weighted by Crippen LogP contribution is 2.34. The smallest absolute Gasteiger partial charge is 0.294 e. The Morgan fingerprint density at radius 2 is 1.97 bits per heavy atom. The first-order valence-corrected chi connectivity index (χ1v) is 10.8. The van der Waals surface area contributed by atoms with Gasteiger partial charge in [0.1, 0.15) is 5.69 Å². The van der Waals surface area contributed by atoms with Gasteiger partial charge in [0, 0.05) is 43.0 Å². The summed E-state index contributed by atoms with van der Waals surface area (Å²) in [5.41, 5.74) is 1.61. The number of likely N-dealkylation sites (tertiary alicyclic amines) is 1. The maximum absolute atomic E-state index is 13.0. The van der Waals surface area contributed by atoms with Gasteiger partial charge >= 0.3 is 0 Å². The number of para-hydroxylation sites is 1. The third kappa shape index (κ3) is 3.68. The van der Waals surface area contributed by atoms with E-state index in [2.05, 4.69) is 11.1 Å². The third-order valence-electron chi connectivity index (χ3n) is 5.64. The van der Waals surface area contributed by atoms with Gasteiger partial charge < -0.3 is 9.47 Å². The van der Waals surface area contributed by atoms with E-state index in [1.165, 1.54) is 17.1 Å². The van der Waals surface area contributed by atoms with Crippen LogP contribution in [-0.4, -0.2) is 43.4 Å². The van der Waals surface area contributed by atoms with Crippen LogP contribution in [0.15, 0.2) is 61.2 Å². The molecule has 9 heteroatoms. The molecule has 1 saturated heterocycles. The third-order valence-corrected chi connectivity index (χ3v) is 6.84. The number of aromatic nitrogens is 3. The second-order valence-corrected chi connectivity index (χ2v) is 8.58. The predicted molar refractivity (Wildman–Crippen MR) is 118 cm³/mol. The van der Waals surface area contributed by atoms with Crippen LogP contribution in [0, 0.1) is 10.1 Å². The minimum atomic E-state index is -0.467. The number of piperidine rings is 1. The molecule has 0 saturated carbocycles. The standard InChI is InChI=1S/C22H19N5O3S/c28-22(16-5-6-18(19(13-16)27(29)30)26-12-9-23-14-26)25-10-7-15(8-11-25)21-24-17-3-1-2-4-20(17)31-21/h1-6,9,12-15H,7-8,10-11H2. The van der Waals surface area contributed by atoms with E-state index < -0.39 is 4.92 Å². The van der Waals surface area contributed by atoms with Crippen molar-refractivity contribution in [3.8, 4) is 5.69 Å². The molecule has 3 heterocycles. The lowest BCUT2D eigenvalue weighted by molar-refractivity contribution is -0.384. The molecule has 0 spiro atoms. The second kappa shape index (κ2) is 7.92. The fourth-order valence-corrected chi connectivity index (χ4v) is 5.14. The van der Waals surface area contributed by atoms with Crippen LogP contribution < -0.4 is 0 Å². The normalized spacial score (nSPS) is 14.8. The number of nitrogens with zero attached hydrogens (tertiary/aromatic N) is 5. The van der Waals surface area contributed by atoms with Crippen molar-refractivity contribution < 1.29 is 9.72 Å². The molecule has 1 aliphatic rings. The lowest BCUT2D eigenvalue weighted by atomic mass is 9.97. The quantitative estimate of drug-likeness (QED) is 0.351. The van der Waals surface area contributed by atoms with E-state index >= 15 is 0 Å². The molecule has 2 aromatic heterocycles. The first-order valence-electron chi connectivity index (χ1n) is 10.0. The molecule has 1 aliphatic heterocycles. The van der Waals surface area contributed by atoms with Crippen LogP contribution >= 0.6 is 11.3 Å². The summed E-state index contributed by atoms with van der Waals surface area (Å²) in [4.78, 5) is 34.6. The average Bonchev–Trinajstić information content (AvgIpc) is 3.48. The van der Waals surface area contributed by atoms with Gasteiger partial charge in [-0.1, -0.05) is 12.1 Å². The molecule has 0 unspecified atom stereocenters. The van der Waals surface area contributed by atoms with Crippen LogP contribution in [0.3, 0.4) is 0 Å². The number of thiazole rings is 1. The van der Waals surface area contributed by atoms with Gasteiger partial charge in [-0.15, -0.1) is 11.3 Å². The van der Waals surface area contributed by atoms with Crippen molar-refractivity contribution in [2.24, 2.45) is 0 Å². The van der Waals surface area contributed by atoms with Crippen molar-refractivity contribution in [2.75, 3.05) is 13.1 Å². The number of carbonyl (C=O) groups is 1. The van der Waals surface area contributed by atoms with Crippen LogP contribution in [0.25, 0.3) is 15.9 Å². The Hall–Kier alpha value is -3.59. The van der Waals surface area contributed by atoms with Gasteiger partial charge in [-0.2, -0.15) is 0 Å². The minimum absolute atomic E-state index is 0.117. The molecule has 0 aliphatic carbocycles. The molecule has 0 N–H and O–H groups in total. The Bertz CT molecular complexity index is 1230. The number of hydrogen-bond donors (Lipinski definition) is 0. The lowest BCUT2D eigenvalue weighted by Gasteiger charge is -2.31.